The van der Waals surface area contributed by atoms with Crippen LogP contribution >= 0.6 is 0 Å². The Morgan fingerprint density at radius 1 is 1.19 bits per heavy atom. The molecule has 0 amide bonds. The van der Waals surface area contributed by atoms with E-state index < -0.39 is 0 Å². The van der Waals surface area contributed by atoms with Crippen LogP contribution < -0.4 is 14.6 Å². The van der Waals surface area contributed by atoms with Crippen LogP contribution in [0.5, 0.6) is 11.5 Å². The molecule has 0 aliphatic carbocycles. The molecular weight excluding hydrogens is 208 g/mol. The van der Waals surface area contributed by atoms with E-state index in [1.54, 1.807) is 14.2 Å². The van der Waals surface area contributed by atoms with Gasteiger partial charge in [-0.1, -0.05) is 6.07 Å². The van der Waals surface area contributed by atoms with E-state index in [1.807, 2.05) is 18.2 Å². The fourth-order valence-corrected chi connectivity index (χ4v) is 1.41. The zero-order valence-electron chi connectivity index (χ0n) is 9.04. The highest BCUT2D eigenvalue weighted by Gasteiger charge is 2.04. The van der Waals surface area contributed by atoms with Gasteiger partial charge in [0, 0.05) is 12.2 Å². The highest BCUT2D eigenvalue weighted by Crippen LogP contribution is 2.27. The van der Waals surface area contributed by atoms with Crippen LogP contribution in [0.15, 0.2) is 18.2 Å². The number of rotatable bonds is 4. The molecule has 2 aromatic rings. The molecule has 0 aliphatic rings. The molecule has 0 bridgehead atoms. The van der Waals surface area contributed by atoms with Gasteiger partial charge in [0.1, 0.15) is 0 Å². The van der Waals surface area contributed by atoms with Crippen LogP contribution in [0.2, 0.25) is 0 Å². The summed E-state index contributed by atoms with van der Waals surface area (Å²) in [6, 6.07) is 5.66. The second-order valence-corrected chi connectivity index (χ2v) is 3.16. The Morgan fingerprint density at radius 3 is 2.62 bits per heavy atom. The fraction of sp³-hybridized carbons (Fsp3) is 0.300. The van der Waals surface area contributed by atoms with Crippen molar-refractivity contribution >= 4 is 0 Å². The maximum absolute atomic E-state index is 5.20. The van der Waals surface area contributed by atoms with Crippen molar-refractivity contribution in [2.45, 2.75) is 6.42 Å². The largest absolute Gasteiger partial charge is 0.493 e. The number of benzene rings is 1. The van der Waals surface area contributed by atoms with E-state index in [-0.39, 0.29) is 0 Å². The zero-order chi connectivity index (χ0) is 11.4. The Balaban J connectivity index is 2.22. The highest BCUT2D eigenvalue weighted by molar-refractivity contribution is 5.43. The standard InChI is InChI=1S/C10H11N4O2/c1-15-8-4-3-7(5-9(8)16-2)6-10-11-13-14-12-10/h3-5H,6H2,1-2H3/q-1. The Morgan fingerprint density at radius 2 is 2.00 bits per heavy atom. The first-order valence-corrected chi connectivity index (χ1v) is 4.72. The van der Waals surface area contributed by atoms with Crippen molar-refractivity contribution in [2.75, 3.05) is 14.2 Å². The predicted molar refractivity (Wildman–Crippen MR) is 55.5 cm³/mol. The van der Waals surface area contributed by atoms with Gasteiger partial charge in [-0.05, 0) is 17.7 Å². The molecule has 0 atom stereocenters. The summed E-state index contributed by atoms with van der Waals surface area (Å²) in [7, 11) is 3.20. The van der Waals surface area contributed by atoms with Crippen LogP contribution in [-0.2, 0) is 6.42 Å². The lowest BCUT2D eigenvalue weighted by Gasteiger charge is -2.09. The van der Waals surface area contributed by atoms with Gasteiger partial charge >= 0.3 is 0 Å². The van der Waals surface area contributed by atoms with Crippen LogP contribution in [-0.4, -0.2) is 29.7 Å². The summed E-state index contributed by atoms with van der Waals surface area (Å²) >= 11 is 0. The molecule has 0 N–H and O–H groups in total. The number of aromatic nitrogens is 4. The molecular formula is C10H11N4O2-. The monoisotopic (exact) mass is 219 g/mol. The second kappa shape index (κ2) is 4.61. The summed E-state index contributed by atoms with van der Waals surface area (Å²) < 4.78 is 10.3. The molecule has 16 heavy (non-hydrogen) atoms. The highest BCUT2D eigenvalue weighted by atomic mass is 16.5. The first kappa shape index (κ1) is 10.4. The number of hydrogen-bond donors (Lipinski definition) is 0. The summed E-state index contributed by atoms with van der Waals surface area (Å²) in [6.07, 6.45) is 0.577. The van der Waals surface area contributed by atoms with E-state index in [0.29, 0.717) is 23.7 Å². The quantitative estimate of drug-likeness (QED) is 0.742. The van der Waals surface area contributed by atoms with Crippen molar-refractivity contribution in [2.24, 2.45) is 0 Å². The van der Waals surface area contributed by atoms with E-state index in [4.69, 9.17) is 9.47 Å². The lowest BCUT2D eigenvalue weighted by atomic mass is 10.1. The number of ether oxygens (including phenoxy) is 2. The first-order chi connectivity index (χ1) is 7.83. The first-order valence-electron chi connectivity index (χ1n) is 4.72. The predicted octanol–water partition coefficient (Wildman–Crippen LogP) is 0.437. The summed E-state index contributed by atoms with van der Waals surface area (Å²) in [5, 5.41) is 14.4. The minimum Gasteiger partial charge on any atom is -0.493 e. The Hall–Kier alpha value is -2.11. The lowest BCUT2D eigenvalue weighted by molar-refractivity contribution is 0.354. The molecule has 0 unspecified atom stereocenters. The summed E-state index contributed by atoms with van der Waals surface area (Å²) in [5.74, 6) is 1.98. The Labute approximate surface area is 92.6 Å². The van der Waals surface area contributed by atoms with Crippen molar-refractivity contribution in [1.29, 1.82) is 0 Å². The molecule has 6 nitrogen and oxygen atoms in total. The van der Waals surface area contributed by atoms with Crippen molar-refractivity contribution < 1.29 is 9.47 Å². The van der Waals surface area contributed by atoms with Crippen LogP contribution in [0.25, 0.3) is 0 Å². The van der Waals surface area contributed by atoms with Crippen LogP contribution in [0.4, 0.5) is 0 Å². The Bertz CT molecular complexity index is 456. The van der Waals surface area contributed by atoms with Gasteiger partial charge in [0.2, 0.25) is 0 Å². The molecule has 1 aromatic carbocycles. The lowest BCUT2D eigenvalue weighted by Crippen LogP contribution is -1.95. The number of methoxy groups -OCH3 is 2. The maximum atomic E-state index is 5.20. The smallest absolute Gasteiger partial charge is 0.160 e. The molecule has 0 fully saturated rings. The molecule has 2 rings (SSSR count). The summed E-state index contributed by atoms with van der Waals surface area (Å²) in [6.45, 7) is 0. The average molecular weight is 219 g/mol. The van der Waals surface area contributed by atoms with Crippen LogP contribution in [0.1, 0.15) is 11.4 Å². The summed E-state index contributed by atoms with van der Waals surface area (Å²) in [4.78, 5) is 0. The SMILES string of the molecule is COc1ccc(Cc2nnn[n-]2)cc1OC. The van der Waals surface area contributed by atoms with Crippen molar-refractivity contribution in [3.8, 4) is 11.5 Å². The number of tetrazole rings is 1. The second-order valence-electron chi connectivity index (χ2n) is 3.16. The molecule has 1 aromatic heterocycles. The molecule has 84 valence electrons. The third kappa shape index (κ3) is 2.10. The average Bonchev–Trinajstić information content (AvgIpc) is 2.81. The fourth-order valence-electron chi connectivity index (χ4n) is 1.41. The van der Waals surface area contributed by atoms with Gasteiger partial charge < -0.3 is 14.6 Å². The third-order valence-corrected chi connectivity index (χ3v) is 2.17. The molecule has 0 saturated carbocycles. The van der Waals surface area contributed by atoms with Crippen LogP contribution in [0, 0.1) is 0 Å². The zero-order valence-corrected chi connectivity index (χ0v) is 9.04. The minimum absolute atomic E-state index is 0.577. The van der Waals surface area contributed by atoms with E-state index in [1.165, 1.54) is 0 Å². The van der Waals surface area contributed by atoms with Crippen molar-refractivity contribution in [1.82, 2.24) is 20.6 Å². The summed E-state index contributed by atoms with van der Waals surface area (Å²) in [5.41, 5.74) is 1.02. The number of nitrogens with zero attached hydrogens (tertiary/aromatic N) is 4. The van der Waals surface area contributed by atoms with E-state index in [0.717, 1.165) is 5.56 Å². The van der Waals surface area contributed by atoms with Gasteiger partial charge in [-0.3, -0.25) is 10.3 Å². The molecule has 0 saturated heterocycles. The minimum atomic E-state index is 0.577. The molecule has 6 heteroatoms. The Kier molecular flexibility index (Phi) is 3.00. The third-order valence-electron chi connectivity index (χ3n) is 2.17. The van der Waals surface area contributed by atoms with Gasteiger partial charge in [0.15, 0.2) is 11.5 Å². The van der Waals surface area contributed by atoms with E-state index >= 15 is 0 Å². The topological polar surface area (TPSA) is 71.2 Å². The molecule has 0 radical (unpaired) electrons. The van der Waals surface area contributed by atoms with Crippen molar-refractivity contribution in [3.05, 3.63) is 29.6 Å². The van der Waals surface area contributed by atoms with E-state index in [9.17, 15) is 0 Å². The maximum Gasteiger partial charge on any atom is 0.160 e. The van der Waals surface area contributed by atoms with Gasteiger partial charge in [-0.2, -0.15) is 5.21 Å². The number of hydrogen-bond acceptors (Lipinski definition) is 5. The molecule has 0 spiro atoms. The normalized spacial score (nSPS) is 10.1. The van der Waals surface area contributed by atoms with Crippen LogP contribution in [0.3, 0.4) is 0 Å². The molecule has 0 aliphatic heterocycles. The van der Waals surface area contributed by atoms with Gasteiger partial charge in [0.05, 0.1) is 14.2 Å². The van der Waals surface area contributed by atoms with Gasteiger partial charge in [-0.15, -0.1) is 0 Å². The van der Waals surface area contributed by atoms with Gasteiger partial charge in [0.25, 0.3) is 0 Å². The van der Waals surface area contributed by atoms with Gasteiger partial charge in [-0.25, -0.2) is 0 Å². The van der Waals surface area contributed by atoms with E-state index in [2.05, 4.69) is 20.6 Å². The van der Waals surface area contributed by atoms with Crippen molar-refractivity contribution in [3.63, 3.8) is 0 Å². The molecule has 1 heterocycles.